The highest BCUT2D eigenvalue weighted by Gasteiger charge is 2.19. The highest BCUT2D eigenvalue weighted by Crippen LogP contribution is 2.22. The molecule has 2 heterocycles. The van der Waals surface area contributed by atoms with Crippen LogP contribution in [0.1, 0.15) is 37.7 Å². The second kappa shape index (κ2) is 8.23. The minimum atomic E-state index is 0.211. The third-order valence-electron chi connectivity index (χ3n) is 4.88. The highest BCUT2D eigenvalue weighted by atomic mass is 32.1. The molecule has 3 rings (SSSR count). The average Bonchev–Trinajstić information content (AvgIpc) is 3.13. The summed E-state index contributed by atoms with van der Waals surface area (Å²) in [6, 6.07) is 12.9. The van der Waals surface area contributed by atoms with Gasteiger partial charge in [-0.05, 0) is 40.9 Å². The molecule has 1 aliphatic rings. The average molecular weight is 372 g/mol. The lowest BCUT2D eigenvalue weighted by atomic mass is 9.87. The van der Waals surface area contributed by atoms with Gasteiger partial charge in [0, 0.05) is 32.7 Å². The summed E-state index contributed by atoms with van der Waals surface area (Å²) >= 11 is 5.52. The van der Waals surface area contributed by atoms with Gasteiger partial charge in [0.15, 0.2) is 5.11 Å². The first-order valence-electron chi connectivity index (χ1n) is 9.29. The van der Waals surface area contributed by atoms with E-state index in [-0.39, 0.29) is 5.41 Å². The van der Waals surface area contributed by atoms with Crippen molar-refractivity contribution in [2.75, 3.05) is 26.2 Å². The van der Waals surface area contributed by atoms with Gasteiger partial charge in [-0.3, -0.25) is 4.90 Å². The summed E-state index contributed by atoms with van der Waals surface area (Å²) in [6.07, 6.45) is 1.69. The van der Waals surface area contributed by atoms with E-state index in [1.807, 2.05) is 12.1 Å². The molecular weight excluding hydrogens is 342 g/mol. The van der Waals surface area contributed by atoms with E-state index in [1.165, 1.54) is 11.1 Å². The van der Waals surface area contributed by atoms with Crippen LogP contribution in [0.5, 0.6) is 0 Å². The first-order valence-corrected chi connectivity index (χ1v) is 9.69. The normalized spacial score (nSPS) is 15.9. The predicted octanol–water partition coefficient (Wildman–Crippen LogP) is 3.77. The van der Waals surface area contributed by atoms with Crippen LogP contribution in [-0.4, -0.2) is 41.1 Å². The van der Waals surface area contributed by atoms with E-state index >= 15 is 0 Å². The number of furan rings is 1. The predicted molar refractivity (Wildman–Crippen MR) is 110 cm³/mol. The lowest BCUT2D eigenvalue weighted by Gasteiger charge is -2.36. The molecule has 4 nitrogen and oxygen atoms in total. The van der Waals surface area contributed by atoms with Gasteiger partial charge in [0.25, 0.3) is 0 Å². The van der Waals surface area contributed by atoms with Crippen molar-refractivity contribution in [3.63, 3.8) is 0 Å². The van der Waals surface area contributed by atoms with Crippen LogP contribution in [0.4, 0.5) is 0 Å². The van der Waals surface area contributed by atoms with Crippen molar-refractivity contribution >= 4 is 17.3 Å². The monoisotopic (exact) mass is 371 g/mol. The van der Waals surface area contributed by atoms with Crippen LogP contribution in [0, 0.1) is 0 Å². The maximum absolute atomic E-state index is 5.52. The van der Waals surface area contributed by atoms with Crippen LogP contribution in [0.15, 0.2) is 47.1 Å². The first kappa shape index (κ1) is 18.9. The van der Waals surface area contributed by atoms with Crippen molar-refractivity contribution < 1.29 is 4.42 Å². The van der Waals surface area contributed by atoms with Crippen molar-refractivity contribution in [3.05, 3.63) is 59.5 Å². The maximum atomic E-state index is 5.52. The number of piperazine rings is 1. The van der Waals surface area contributed by atoms with E-state index in [0.29, 0.717) is 6.54 Å². The Kier molecular flexibility index (Phi) is 5.99. The number of nitrogens with zero attached hydrogens (tertiary/aromatic N) is 2. The smallest absolute Gasteiger partial charge is 0.169 e. The standard InChI is InChI=1S/C21H29N3OS/c1-21(2,3)18-8-6-17(7-9-18)16-23-10-12-24(13-11-23)20(26)22-15-19-5-4-14-25-19/h4-9,14H,10-13,15-16H2,1-3H3,(H,22,26). The molecule has 1 aliphatic heterocycles. The summed E-state index contributed by atoms with van der Waals surface area (Å²) in [5, 5.41) is 4.10. The summed E-state index contributed by atoms with van der Waals surface area (Å²) in [4.78, 5) is 4.75. The fourth-order valence-electron chi connectivity index (χ4n) is 3.17. The van der Waals surface area contributed by atoms with Gasteiger partial charge < -0.3 is 14.6 Å². The van der Waals surface area contributed by atoms with E-state index in [2.05, 4.69) is 60.2 Å². The second-order valence-electron chi connectivity index (χ2n) is 7.95. The Morgan fingerprint density at radius 2 is 1.77 bits per heavy atom. The van der Waals surface area contributed by atoms with Gasteiger partial charge in [-0.25, -0.2) is 0 Å². The molecule has 1 aromatic carbocycles. The molecule has 26 heavy (non-hydrogen) atoms. The van der Waals surface area contributed by atoms with Crippen LogP contribution in [0.3, 0.4) is 0 Å². The molecule has 0 bridgehead atoms. The molecule has 0 amide bonds. The molecule has 0 atom stereocenters. The SMILES string of the molecule is CC(C)(C)c1ccc(CN2CCN(C(=S)NCc3ccco3)CC2)cc1. The lowest BCUT2D eigenvalue weighted by molar-refractivity contribution is 0.174. The molecular formula is C21H29N3OS. The van der Waals surface area contributed by atoms with Crippen molar-refractivity contribution in [2.24, 2.45) is 0 Å². The molecule has 0 saturated carbocycles. The Bertz CT molecular complexity index is 696. The van der Waals surface area contributed by atoms with Crippen LogP contribution < -0.4 is 5.32 Å². The first-order chi connectivity index (χ1) is 12.4. The van der Waals surface area contributed by atoms with Crippen molar-refractivity contribution in [3.8, 4) is 0 Å². The Labute approximate surface area is 162 Å². The molecule has 1 N–H and O–H groups in total. The van der Waals surface area contributed by atoms with Crippen molar-refractivity contribution in [1.82, 2.24) is 15.1 Å². The topological polar surface area (TPSA) is 31.6 Å². The van der Waals surface area contributed by atoms with Gasteiger partial charge in [-0.2, -0.15) is 0 Å². The number of benzene rings is 1. The summed E-state index contributed by atoms with van der Waals surface area (Å²) in [6.45, 7) is 12.4. The molecule has 0 aliphatic carbocycles. The van der Waals surface area contributed by atoms with Gasteiger partial charge in [-0.15, -0.1) is 0 Å². The molecule has 5 heteroatoms. The maximum Gasteiger partial charge on any atom is 0.169 e. The molecule has 1 fully saturated rings. The lowest BCUT2D eigenvalue weighted by Crippen LogP contribution is -2.51. The number of hydrogen-bond acceptors (Lipinski definition) is 3. The minimum Gasteiger partial charge on any atom is -0.467 e. The largest absolute Gasteiger partial charge is 0.467 e. The summed E-state index contributed by atoms with van der Waals surface area (Å²) in [5.41, 5.74) is 2.98. The zero-order chi connectivity index (χ0) is 18.6. The molecule has 1 saturated heterocycles. The van der Waals surface area contributed by atoms with E-state index < -0.39 is 0 Å². The van der Waals surface area contributed by atoms with Crippen molar-refractivity contribution in [2.45, 2.75) is 39.3 Å². The Morgan fingerprint density at radius 3 is 2.35 bits per heavy atom. The fraction of sp³-hybridized carbons (Fsp3) is 0.476. The molecule has 2 aromatic rings. The van der Waals surface area contributed by atoms with Crippen LogP contribution in [-0.2, 0) is 18.5 Å². The van der Waals surface area contributed by atoms with Crippen LogP contribution >= 0.6 is 12.2 Å². The minimum absolute atomic E-state index is 0.211. The van der Waals surface area contributed by atoms with E-state index in [9.17, 15) is 0 Å². The van der Waals surface area contributed by atoms with E-state index in [0.717, 1.165) is 43.6 Å². The quantitative estimate of drug-likeness (QED) is 0.827. The Hall–Kier alpha value is -1.85. The summed E-state index contributed by atoms with van der Waals surface area (Å²) in [7, 11) is 0. The van der Waals surface area contributed by atoms with Gasteiger partial charge >= 0.3 is 0 Å². The van der Waals surface area contributed by atoms with Crippen molar-refractivity contribution in [1.29, 1.82) is 0 Å². The molecule has 1 aromatic heterocycles. The molecule has 0 unspecified atom stereocenters. The summed E-state index contributed by atoms with van der Waals surface area (Å²) in [5.74, 6) is 0.907. The Balaban J connectivity index is 1.44. The van der Waals surface area contributed by atoms with Crippen LogP contribution in [0.25, 0.3) is 0 Å². The van der Waals surface area contributed by atoms with Gasteiger partial charge in [0.2, 0.25) is 0 Å². The second-order valence-corrected chi connectivity index (χ2v) is 8.33. The molecule has 140 valence electrons. The zero-order valence-corrected chi connectivity index (χ0v) is 16.8. The number of hydrogen-bond donors (Lipinski definition) is 1. The number of rotatable bonds is 4. The molecule has 0 radical (unpaired) electrons. The number of thiocarbonyl (C=S) groups is 1. The molecule has 0 spiro atoms. The zero-order valence-electron chi connectivity index (χ0n) is 16.0. The van der Waals surface area contributed by atoms with Gasteiger partial charge in [0.1, 0.15) is 5.76 Å². The fourth-order valence-corrected chi connectivity index (χ4v) is 3.42. The third kappa shape index (κ3) is 5.08. The highest BCUT2D eigenvalue weighted by molar-refractivity contribution is 7.80. The van der Waals surface area contributed by atoms with E-state index in [4.69, 9.17) is 16.6 Å². The third-order valence-corrected chi connectivity index (χ3v) is 5.28. The number of nitrogens with one attached hydrogen (secondary N) is 1. The Morgan fingerprint density at radius 1 is 1.08 bits per heavy atom. The van der Waals surface area contributed by atoms with Gasteiger partial charge in [0.05, 0.1) is 12.8 Å². The van der Waals surface area contributed by atoms with E-state index in [1.54, 1.807) is 6.26 Å². The van der Waals surface area contributed by atoms with Crippen LogP contribution in [0.2, 0.25) is 0 Å². The summed E-state index contributed by atoms with van der Waals surface area (Å²) < 4.78 is 5.34. The van der Waals surface area contributed by atoms with Gasteiger partial charge in [-0.1, -0.05) is 45.0 Å².